The molecule has 32 heavy (non-hydrogen) atoms. The van der Waals surface area contributed by atoms with Gasteiger partial charge < -0.3 is 5.32 Å². The van der Waals surface area contributed by atoms with Gasteiger partial charge in [0.05, 0.1) is 45.8 Å². The van der Waals surface area contributed by atoms with E-state index >= 15 is 0 Å². The van der Waals surface area contributed by atoms with Crippen LogP contribution in [-0.4, -0.2) is 62.7 Å². The SMILES string of the molecule is Cc1nn([C@H]2CCS(=O)(=O)C2)c(C)c1[C@H]1SCC(=O)Nc2c1c(=O)[nH]n2C1CCSCC1. The minimum Gasteiger partial charge on any atom is -0.310 e. The molecule has 1 amide bonds. The third kappa shape index (κ3) is 3.83. The topological polar surface area (TPSA) is 119 Å². The van der Waals surface area contributed by atoms with E-state index in [9.17, 15) is 18.0 Å². The lowest BCUT2D eigenvalue weighted by Gasteiger charge is -2.24. The van der Waals surface area contributed by atoms with E-state index in [0.29, 0.717) is 17.8 Å². The summed E-state index contributed by atoms with van der Waals surface area (Å²) in [6.07, 6.45) is 2.44. The van der Waals surface area contributed by atoms with Gasteiger partial charge in [0, 0.05) is 11.3 Å². The van der Waals surface area contributed by atoms with Gasteiger partial charge in [0.2, 0.25) is 5.91 Å². The molecule has 2 fully saturated rings. The number of sulfone groups is 1. The Bertz CT molecular complexity index is 1220. The van der Waals surface area contributed by atoms with E-state index in [0.717, 1.165) is 41.3 Å². The number of nitrogens with zero attached hydrogens (tertiary/aromatic N) is 3. The summed E-state index contributed by atoms with van der Waals surface area (Å²) in [7, 11) is -3.05. The standard InChI is InChI=1S/C20H27N5O4S3/c1-11-16(12(2)24(22-11)14-5-8-32(28,29)10-14)18-17-19(21-15(26)9-31-18)25(23-20(17)27)13-3-6-30-7-4-13/h13-14,18H,3-10H2,1-2H3,(H,21,26)(H,23,27)/t14-,18+/m0/s1. The van der Waals surface area contributed by atoms with E-state index in [-0.39, 0.29) is 46.1 Å². The van der Waals surface area contributed by atoms with E-state index in [1.165, 1.54) is 11.8 Å². The molecule has 0 saturated carbocycles. The summed E-state index contributed by atoms with van der Waals surface area (Å²) < 4.78 is 27.7. The number of carbonyl (C=O) groups excluding carboxylic acids is 1. The maximum absolute atomic E-state index is 13.2. The first-order valence-electron chi connectivity index (χ1n) is 10.8. The Labute approximate surface area is 195 Å². The molecule has 12 heteroatoms. The lowest BCUT2D eigenvalue weighted by molar-refractivity contribution is -0.113. The minimum atomic E-state index is -3.05. The fraction of sp³-hybridized carbons (Fsp3) is 0.650. The summed E-state index contributed by atoms with van der Waals surface area (Å²) in [5.74, 6) is 3.01. The lowest BCUT2D eigenvalue weighted by Crippen LogP contribution is -2.22. The summed E-state index contributed by atoms with van der Waals surface area (Å²) >= 11 is 3.33. The zero-order valence-electron chi connectivity index (χ0n) is 18.1. The number of hydrogen-bond donors (Lipinski definition) is 2. The lowest BCUT2D eigenvalue weighted by atomic mass is 10.0. The van der Waals surface area contributed by atoms with E-state index in [1.807, 2.05) is 35.0 Å². The largest absolute Gasteiger partial charge is 0.310 e. The number of anilines is 1. The molecule has 0 aromatic carbocycles. The van der Waals surface area contributed by atoms with Crippen molar-refractivity contribution in [2.24, 2.45) is 0 Å². The van der Waals surface area contributed by atoms with Crippen LogP contribution in [0.3, 0.4) is 0 Å². The van der Waals surface area contributed by atoms with Crippen LogP contribution >= 0.6 is 23.5 Å². The van der Waals surface area contributed by atoms with Crippen LogP contribution in [0, 0.1) is 13.8 Å². The summed E-state index contributed by atoms with van der Waals surface area (Å²) in [4.78, 5) is 25.8. The molecule has 2 saturated heterocycles. The first-order valence-corrected chi connectivity index (χ1v) is 14.9. The second-order valence-corrected chi connectivity index (χ2v) is 13.3. The highest BCUT2D eigenvalue weighted by Gasteiger charge is 2.37. The number of fused-ring (bicyclic) bond motifs is 1. The number of carbonyl (C=O) groups is 1. The van der Waals surface area contributed by atoms with Gasteiger partial charge in [-0.15, -0.1) is 11.8 Å². The number of aromatic amines is 1. The van der Waals surface area contributed by atoms with E-state index in [2.05, 4.69) is 10.4 Å². The maximum Gasteiger partial charge on any atom is 0.270 e. The predicted molar refractivity (Wildman–Crippen MR) is 128 cm³/mol. The van der Waals surface area contributed by atoms with Gasteiger partial charge >= 0.3 is 0 Å². The maximum atomic E-state index is 13.2. The van der Waals surface area contributed by atoms with Gasteiger partial charge in [-0.2, -0.15) is 16.9 Å². The van der Waals surface area contributed by atoms with Crippen molar-refractivity contribution in [1.82, 2.24) is 19.6 Å². The number of H-pyrrole nitrogens is 1. The van der Waals surface area contributed by atoms with Crippen molar-refractivity contribution in [1.29, 1.82) is 0 Å². The third-order valence-electron chi connectivity index (χ3n) is 6.62. The third-order valence-corrected chi connectivity index (χ3v) is 10.6. The molecule has 0 radical (unpaired) electrons. The Hall–Kier alpha value is -1.66. The molecule has 3 aliphatic rings. The molecule has 2 aromatic rings. The Morgan fingerprint density at radius 1 is 1.06 bits per heavy atom. The van der Waals surface area contributed by atoms with Gasteiger partial charge in [0.15, 0.2) is 9.84 Å². The van der Waals surface area contributed by atoms with Crippen LogP contribution < -0.4 is 10.9 Å². The Kier molecular flexibility index (Phi) is 5.73. The van der Waals surface area contributed by atoms with Crippen molar-refractivity contribution >= 4 is 45.1 Å². The quantitative estimate of drug-likeness (QED) is 0.667. The van der Waals surface area contributed by atoms with Crippen LogP contribution in [0.1, 0.15) is 59.1 Å². The van der Waals surface area contributed by atoms with Crippen molar-refractivity contribution in [2.75, 3.05) is 34.1 Å². The number of aromatic nitrogens is 4. The molecule has 0 aliphatic carbocycles. The fourth-order valence-corrected chi connectivity index (χ4v) is 9.12. The van der Waals surface area contributed by atoms with Crippen molar-refractivity contribution in [2.45, 2.75) is 50.4 Å². The summed E-state index contributed by atoms with van der Waals surface area (Å²) in [6, 6.07) is -0.0320. The van der Waals surface area contributed by atoms with Crippen LogP contribution in [-0.2, 0) is 14.6 Å². The molecule has 5 heterocycles. The van der Waals surface area contributed by atoms with Gasteiger partial charge in [-0.05, 0) is 44.6 Å². The predicted octanol–water partition coefficient (Wildman–Crippen LogP) is 2.19. The number of aryl methyl sites for hydroxylation is 1. The van der Waals surface area contributed by atoms with Gasteiger partial charge in [-0.25, -0.2) is 8.42 Å². The van der Waals surface area contributed by atoms with Crippen LogP contribution in [0.25, 0.3) is 0 Å². The number of thioether (sulfide) groups is 2. The summed E-state index contributed by atoms with van der Waals surface area (Å²) in [6.45, 7) is 3.83. The molecule has 9 nitrogen and oxygen atoms in total. The molecule has 2 aromatic heterocycles. The second kappa shape index (κ2) is 8.28. The van der Waals surface area contributed by atoms with E-state index < -0.39 is 9.84 Å². The van der Waals surface area contributed by atoms with Crippen LogP contribution in [0.4, 0.5) is 5.82 Å². The highest BCUT2D eigenvalue weighted by molar-refractivity contribution is 8.00. The Morgan fingerprint density at radius 2 is 1.81 bits per heavy atom. The molecule has 3 aliphatic heterocycles. The Balaban J connectivity index is 1.59. The monoisotopic (exact) mass is 497 g/mol. The highest BCUT2D eigenvalue weighted by Crippen LogP contribution is 2.44. The smallest absolute Gasteiger partial charge is 0.270 e. The molecule has 0 unspecified atom stereocenters. The Morgan fingerprint density at radius 3 is 2.50 bits per heavy atom. The van der Waals surface area contributed by atoms with Gasteiger partial charge in [0.1, 0.15) is 5.82 Å². The highest BCUT2D eigenvalue weighted by atomic mass is 32.2. The number of nitrogens with one attached hydrogen (secondary N) is 2. The first kappa shape index (κ1) is 22.1. The molecule has 0 spiro atoms. The van der Waals surface area contributed by atoms with Crippen LogP contribution in [0.5, 0.6) is 0 Å². The van der Waals surface area contributed by atoms with Gasteiger partial charge in [-0.3, -0.25) is 24.1 Å². The zero-order chi connectivity index (χ0) is 22.6. The number of amides is 1. The zero-order valence-corrected chi connectivity index (χ0v) is 20.5. The molecular weight excluding hydrogens is 470 g/mol. The normalized spacial score (nSPS) is 26.0. The van der Waals surface area contributed by atoms with Gasteiger partial charge in [-0.1, -0.05) is 0 Å². The summed E-state index contributed by atoms with van der Waals surface area (Å²) in [5, 5.41) is 10.3. The average Bonchev–Trinajstić information content (AvgIpc) is 3.33. The van der Waals surface area contributed by atoms with E-state index in [1.54, 1.807) is 0 Å². The molecule has 174 valence electrons. The fourth-order valence-electron chi connectivity index (χ4n) is 5.07. The first-order chi connectivity index (χ1) is 15.2. The average molecular weight is 498 g/mol. The van der Waals surface area contributed by atoms with Crippen molar-refractivity contribution < 1.29 is 13.2 Å². The minimum absolute atomic E-state index is 0.0914. The van der Waals surface area contributed by atoms with Crippen molar-refractivity contribution in [3.63, 3.8) is 0 Å². The second-order valence-electron chi connectivity index (χ2n) is 8.74. The van der Waals surface area contributed by atoms with Crippen LogP contribution in [0.15, 0.2) is 4.79 Å². The van der Waals surface area contributed by atoms with Crippen LogP contribution in [0.2, 0.25) is 0 Å². The molecule has 0 bridgehead atoms. The molecule has 5 rings (SSSR count). The van der Waals surface area contributed by atoms with Crippen molar-refractivity contribution in [3.05, 3.63) is 32.9 Å². The van der Waals surface area contributed by atoms with Gasteiger partial charge in [0.25, 0.3) is 5.56 Å². The summed E-state index contributed by atoms with van der Waals surface area (Å²) in [5.41, 5.74) is 2.91. The molecular formula is C20H27N5O4S3. The number of hydrogen-bond acceptors (Lipinski definition) is 7. The molecule has 2 atom stereocenters. The van der Waals surface area contributed by atoms with Crippen molar-refractivity contribution in [3.8, 4) is 0 Å². The number of rotatable bonds is 3. The van der Waals surface area contributed by atoms with E-state index in [4.69, 9.17) is 5.10 Å². The molecule has 2 N–H and O–H groups in total.